The van der Waals surface area contributed by atoms with Gasteiger partial charge in [0, 0.05) is 17.4 Å². The van der Waals surface area contributed by atoms with Crippen molar-refractivity contribution < 1.29 is 22.6 Å². The number of amidine groups is 1. The maximum atomic E-state index is 14.4. The molecule has 6 nitrogen and oxygen atoms in total. The number of anilines is 2. The number of nitrogens with two attached hydrogens (primary N) is 1. The van der Waals surface area contributed by atoms with Crippen LogP contribution in [0.1, 0.15) is 18.5 Å². The predicted octanol–water partition coefficient (Wildman–Crippen LogP) is 3.90. The SMILES string of the molecule is COc1cccnc1Nc1ccc(F)c([C@H]2N=C(N)C(C)OC2=C(F)F)c1. The molecule has 3 rings (SSSR count). The number of aromatic nitrogens is 1. The van der Waals surface area contributed by atoms with E-state index in [1.54, 1.807) is 18.3 Å². The number of nitrogens with one attached hydrogen (secondary N) is 1. The molecule has 2 atom stereocenters. The van der Waals surface area contributed by atoms with Gasteiger partial charge in [0.15, 0.2) is 23.4 Å². The first kappa shape index (κ1) is 18.6. The number of rotatable bonds is 4. The van der Waals surface area contributed by atoms with E-state index in [-0.39, 0.29) is 11.4 Å². The van der Waals surface area contributed by atoms with Crippen molar-refractivity contribution in [2.75, 3.05) is 12.4 Å². The molecule has 1 aliphatic rings. The summed E-state index contributed by atoms with van der Waals surface area (Å²) in [6.45, 7) is 1.49. The van der Waals surface area contributed by atoms with E-state index in [2.05, 4.69) is 15.3 Å². The normalized spacial score (nSPS) is 19.1. The van der Waals surface area contributed by atoms with Crippen molar-refractivity contribution >= 4 is 17.3 Å². The van der Waals surface area contributed by atoms with E-state index in [9.17, 15) is 13.2 Å². The maximum Gasteiger partial charge on any atom is 0.310 e. The number of hydrogen-bond acceptors (Lipinski definition) is 6. The van der Waals surface area contributed by atoms with Crippen molar-refractivity contribution in [1.82, 2.24) is 4.98 Å². The zero-order valence-electron chi connectivity index (χ0n) is 14.5. The van der Waals surface area contributed by atoms with Crippen LogP contribution in [0.15, 0.2) is 53.4 Å². The third kappa shape index (κ3) is 3.81. The van der Waals surface area contributed by atoms with Crippen LogP contribution >= 0.6 is 0 Å². The lowest BCUT2D eigenvalue weighted by atomic mass is 10.0. The highest BCUT2D eigenvalue weighted by atomic mass is 19.3. The van der Waals surface area contributed by atoms with Crippen molar-refractivity contribution in [1.29, 1.82) is 0 Å². The van der Waals surface area contributed by atoms with E-state index in [0.29, 0.717) is 17.3 Å². The molecule has 2 aromatic rings. The van der Waals surface area contributed by atoms with E-state index in [4.69, 9.17) is 15.2 Å². The van der Waals surface area contributed by atoms with Gasteiger partial charge in [-0.2, -0.15) is 8.78 Å². The van der Waals surface area contributed by atoms with Gasteiger partial charge in [0.2, 0.25) is 0 Å². The van der Waals surface area contributed by atoms with Crippen molar-refractivity contribution in [3.05, 3.63) is 59.7 Å². The summed E-state index contributed by atoms with van der Waals surface area (Å²) >= 11 is 0. The number of methoxy groups -OCH3 is 1. The monoisotopic (exact) mass is 378 g/mol. The quantitative estimate of drug-likeness (QED) is 0.843. The Bertz CT molecular complexity index is 913. The summed E-state index contributed by atoms with van der Waals surface area (Å²) in [5.41, 5.74) is 6.02. The van der Waals surface area contributed by atoms with Gasteiger partial charge in [-0.1, -0.05) is 0 Å². The largest absolute Gasteiger partial charge is 0.493 e. The second kappa shape index (κ2) is 7.56. The predicted molar refractivity (Wildman–Crippen MR) is 94.6 cm³/mol. The highest BCUT2D eigenvalue weighted by molar-refractivity contribution is 5.86. The summed E-state index contributed by atoms with van der Waals surface area (Å²) in [5, 5.41) is 2.97. The second-order valence-corrected chi connectivity index (χ2v) is 5.76. The minimum atomic E-state index is -2.08. The van der Waals surface area contributed by atoms with Crippen molar-refractivity contribution in [2.45, 2.75) is 19.1 Å². The molecule has 142 valence electrons. The first-order valence-corrected chi connectivity index (χ1v) is 8.01. The Morgan fingerprint density at radius 3 is 2.78 bits per heavy atom. The van der Waals surface area contributed by atoms with Crippen molar-refractivity contribution in [3.63, 3.8) is 0 Å². The number of hydrogen-bond donors (Lipinski definition) is 2. The molecular weight excluding hydrogens is 361 g/mol. The van der Waals surface area contributed by atoms with E-state index in [0.717, 1.165) is 6.07 Å². The smallest absolute Gasteiger partial charge is 0.310 e. The molecule has 0 spiro atoms. The van der Waals surface area contributed by atoms with Gasteiger partial charge < -0.3 is 20.5 Å². The maximum absolute atomic E-state index is 14.4. The van der Waals surface area contributed by atoms with Gasteiger partial charge in [-0.3, -0.25) is 4.99 Å². The van der Waals surface area contributed by atoms with E-state index < -0.39 is 29.8 Å². The minimum Gasteiger partial charge on any atom is -0.493 e. The standard InChI is InChI=1S/C18H17F3N4O2/c1-9-17(22)25-14(15(27-9)16(20)21)11-8-10(5-6-12(11)19)24-18-13(26-2)4-3-7-23-18/h3-9,14H,1-2H3,(H2,22,25)(H,23,24)/t9?,14-/m1/s1. The van der Waals surface area contributed by atoms with Crippen LogP contribution in [0, 0.1) is 5.82 Å². The van der Waals surface area contributed by atoms with Gasteiger partial charge in [-0.05, 0) is 37.3 Å². The van der Waals surface area contributed by atoms with E-state index >= 15 is 0 Å². The highest BCUT2D eigenvalue weighted by Crippen LogP contribution is 2.37. The average molecular weight is 378 g/mol. The molecule has 1 unspecified atom stereocenters. The summed E-state index contributed by atoms with van der Waals surface area (Å²) in [6.07, 6.45) is -1.34. The van der Waals surface area contributed by atoms with Gasteiger partial charge in [-0.15, -0.1) is 0 Å². The van der Waals surface area contributed by atoms with Crippen molar-refractivity contribution in [2.24, 2.45) is 10.7 Å². The molecular formula is C18H17F3N4O2. The fourth-order valence-corrected chi connectivity index (χ4v) is 2.60. The molecule has 0 saturated heterocycles. The first-order valence-electron chi connectivity index (χ1n) is 8.01. The van der Waals surface area contributed by atoms with Gasteiger partial charge in [0.25, 0.3) is 0 Å². The number of halogens is 3. The van der Waals surface area contributed by atoms with E-state index in [1.165, 1.54) is 26.2 Å². The van der Waals surface area contributed by atoms with Crippen LogP contribution in [-0.4, -0.2) is 24.0 Å². The zero-order valence-corrected chi connectivity index (χ0v) is 14.5. The van der Waals surface area contributed by atoms with Gasteiger partial charge in [0.1, 0.15) is 17.7 Å². The lowest BCUT2D eigenvalue weighted by Gasteiger charge is -2.27. The topological polar surface area (TPSA) is 81.8 Å². The van der Waals surface area contributed by atoms with Crippen LogP contribution in [0.2, 0.25) is 0 Å². The fraction of sp³-hybridized carbons (Fsp3) is 0.222. The zero-order chi connectivity index (χ0) is 19.6. The number of pyridine rings is 1. The molecule has 27 heavy (non-hydrogen) atoms. The Morgan fingerprint density at radius 2 is 2.07 bits per heavy atom. The summed E-state index contributed by atoms with van der Waals surface area (Å²) < 4.78 is 51.4. The molecule has 1 aliphatic heterocycles. The number of ether oxygens (including phenoxy) is 2. The Balaban J connectivity index is 2.01. The molecule has 1 aromatic heterocycles. The Hall–Kier alpha value is -3.23. The molecule has 1 aromatic carbocycles. The molecule has 9 heteroatoms. The lowest BCUT2D eigenvalue weighted by Crippen LogP contribution is -2.34. The number of aliphatic imine (C=N–C) groups is 1. The molecule has 0 bridgehead atoms. The Morgan fingerprint density at radius 1 is 1.30 bits per heavy atom. The van der Waals surface area contributed by atoms with Gasteiger partial charge in [-0.25, -0.2) is 9.37 Å². The molecule has 3 N–H and O–H groups in total. The number of benzene rings is 1. The van der Waals surface area contributed by atoms with Crippen molar-refractivity contribution in [3.8, 4) is 5.75 Å². The van der Waals surface area contributed by atoms with Crippen LogP contribution in [-0.2, 0) is 4.74 Å². The number of nitrogens with zero attached hydrogens (tertiary/aromatic N) is 2. The fourth-order valence-electron chi connectivity index (χ4n) is 2.60. The van der Waals surface area contributed by atoms with Crippen LogP contribution in [0.3, 0.4) is 0 Å². The minimum absolute atomic E-state index is 0.00848. The third-order valence-corrected chi connectivity index (χ3v) is 3.98. The first-order chi connectivity index (χ1) is 12.9. The second-order valence-electron chi connectivity index (χ2n) is 5.76. The summed E-state index contributed by atoms with van der Waals surface area (Å²) in [6, 6.07) is 5.96. The Kier molecular flexibility index (Phi) is 5.20. The van der Waals surface area contributed by atoms with Gasteiger partial charge >= 0.3 is 6.08 Å². The lowest BCUT2D eigenvalue weighted by molar-refractivity contribution is 0.132. The molecule has 0 aliphatic carbocycles. The molecule has 2 heterocycles. The Labute approximate surface area is 153 Å². The molecule has 0 amide bonds. The third-order valence-electron chi connectivity index (χ3n) is 3.98. The summed E-state index contributed by atoms with van der Waals surface area (Å²) in [5.74, 6) is -0.568. The van der Waals surface area contributed by atoms with Crippen LogP contribution < -0.4 is 15.8 Å². The summed E-state index contributed by atoms with van der Waals surface area (Å²) in [4.78, 5) is 8.15. The molecule has 0 saturated carbocycles. The van der Waals surface area contributed by atoms with Crippen LogP contribution in [0.5, 0.6) is 5.75 Å². The molecule has 0 fully saturated rings. The average Bonchev–Trinajstić information content (AvgIpc) is 2.65. The summed E-state index contributed by atoms with van der Waals surface area (Å²) in [7, 11) is 1.48. The highest BCUT2D eigenvalue weighted by Gasteiger charge is 2.32. The molecule has 0 radical (unpaired) electrons. The van der Waals surface area contributed by atoms with Gasteiger partial charge in [0.05, 0.1) is 7.11 Å². The van der Waals surface area contributed by atoms with E-state index in [1.807, 2.05) is 0 Å². The van der Waals surface area contributed by atoms with Crippen LogP contribution in [0.25, 0.3) is 0 Å². The van der Waals surface area contributed by atoms with Crippen LogP contribution in [0.4, 0.5) is 24.7 Å².